The number of likely N-dealkylation sites (tertiary alicyclic amines) is 1. The monoisotopic (exact) mass is 529 g/mol. The van der Waals surface area contributed by atoms with Crippen LogP contribution in [0.1, 0.15) is 36.8 Å². The number of hydrogen-bond donors (Lipinski definition) is 2. The van der Waals surface area contributed by atoms with Crippen LogP contribution in [0, 0.1) is 11.6 Å². The number of nitrogens with one attached hydrogen (secondary N) is 1. The third kappa shape index (κ3) is 7.15. The SMILES string of the molecule is O=C(C[C@@H]1CC[C@H]2[C@@H](COC[C@@H](O)CN2Cc2cc(F)ccc2F)O1)N[C@@H]1CCN(Cc2ccccc2)C1. The number of β-amino-alcohol motifs (C(OH)–C–C–N with tert-alkyl or cyclic N) is 1. The molecule has 0 bridgehead atoms. The van der Waals surface area contributed by atoms with Gasteiger partial charge in [-0.05, 0) is 43.0 Å². The Labute approximate surface area is 222 Å². The van der Waals surface area contributed by atoms with Gasteiger partial charge in [0.15, 0.2) is 0 Å². The van der Waals surface area contributed by atoms with Crippen molar-refractivity contribution >= 4 is 5.91 Å². The molecule has 0 unspecified atom stereocenters. The van der Waals surface area contributed by atoms with Crippen molar-refractivity contribution in [2.24, 2.45) is 0 Å². The van der Waals surface area contributed by atoms with Gasteiger partial charge in [0.2, 0.25) is 5.91 Å². The molecule has 5 rings (SSSR count). The zero-order chi connectivity index (χ0) is 26.5. The highest BCUT2D eigenvalue weighted by atomic mass is 19.1. The van der Waals surface area contributed by atoms with Crippen LogP contribution in [0.4, 0.5) is 8.78 Å². The molecule has 0 radical (unpaired) electrons. The minimum absolute atomic E-state index is 0.0131. The molecule has 0 aliphatic carbocycles. The van der Waals surface area contributed by atoms with Gasteiger partial charge in [0.05, 0.1) is 37.9 Å². The Morgan fingerprint density at radius 2 is 1.87 bits per heavy atom. The molecule has 38 heavy (non-hydrogen) atoms. The molecular weight excluding hydrogens is 492 g/mol. The average molecular weight is 530 g/mol. The summed E-state index contributed by atoms with van der Waals surface area (Å²) in [7, 11) is 0. The van der Waals surface area contributed by atoms with E-state index in [-0.39, 0.29) is 68.5 Å². The van der Waals surface area contributed by atoms with E-state index in [4.69, 9.17) is 9.47 Å². The molecule has 3 saturated heterocycles. The summed E-state index contributed by atoms with van der Waals surface area (Å²) >= 11 is 0. The topological polar surface area (TPSA) is 74.3 Å². The number of fused-ring (bicyclic) bond motifs is 1. The van der Waals surface area contributed by atoms with Crippen LogP contribution < -0.4 is 5.32 Å². The fourth-order valence-corrected chi connectivity index (χ4v) is 5.94. The summed E-state index contributed by atoms with van der Waals surface area (Å²) in [5, 5.41) is 13.5. The van der Waals surface area contributed by atoms with E-state index < -0.39 is 17.7 Å². The maximum absolute atomic E-state index is 14.4. The number of benzene rings is 2. The number of nitrogens with zero attached hydrogens (tertiary/aromatic N) is 2. The molecule has 3 aliphatic heterocycles. The molecule has 0 aromatic heterocycles. The first-order valence-electron chi connectivity index (χ1n) is 13.6. The van der Waals surface area contributed by atoms with Gasteiger partial charge in [-0.15, -0.1) is 0 Å². The summed E-state index contributed by atoms with van der Waals surface area (Å²) in [6.45, 7) is 3.52. The van der Waals surface area contributed by atoms with Crippen molar-refractivity contribution < 1.29 is 28.2 Å². The Bertz CT molecular complexity index is 1080. The fraction of sp³-hybridized carbons (Fsp3) is 0.552. The summed E-state index contributed by atoms with van der Waals surface area (Å²) in [5.41, 5.74) is 1.52. The first-order chi connectivity index (χ1) is 18.4. The second kappa shape index (κ2) is 12.6. The van der Waals surface area contributed by atoms with Crippen LogP contribution in [0.15, 0.2) is 48.5 Å². The predicted octanol–water partition coefficient (Wildman–Crippen LogP) is 2.85. The third-order valence-electron chi connectivity index (χ3n) is 7.77. The van der Waals surface area contributed by atoms with Gasteiger partial charge in [0.25, 0.3) is 0 Å². The molecule has 9 heteroatoms. The Morgan fingerprint density at radius 1 is 1.03 bits per heavy atom. The van der Waals surface area contributed by atoms with E-state index in [9.17, 15) is 18.7 Å². The zero-order valence-corrected chi connectivity index (χ0v) is 21.6. The summed E-state index contributed by atoms with van der Waals surface area (Å²) in [5.74, 6) is -0.984. The van der Waals surface area contributed by atoms with E-state index in [2.05, 4.69) is 22.3 Å². The molecular formula is C29H37F2N3O4. The summed E-state index contributed by atoms with van der Waals surface area (Å²) in [4.78, 5) is 17.2. The van der Waals surface area contributed by atoms with Crippen molar-refractivity contribution in [2.45, 2.75) is 69.2 Å². The second-order valence-electron chi connectivity index (χ2n) is 10.8. The van der Waals surface area contributed by atoms with Crippen molar-refractivity contribution in [1.82, 2.24) is 15.1 Å². The van der Waals surface area contributed by atoms with Crippen molar-refractivity contribution in [3.05, 3.63) is 71.3 Å². The van der Waals surface area contributed by atoms with Crippen LogP contribution in [0.3, 0.4) is 0 Å². The number of rotatable bonds is 7. The molecule has 206 valence electrons. The normalized spacial score (nSPS) is 28.9. The molecule has 2 aromatic carbocycles. The van der Waals surface area contributed by atoms with E-state index in [1.807, 2.05) is 23.1 Å². The van der Waals surface area contributed by atoms with Gasteiger partial charge in [0, 0.05) is 50.4 Å². The third-order valence-corrected chi connectivity index (χ3v) is 7.77. The zero-order valence-electron chi connectivity index (χ0n) is 21.6. The quantitative estimate of drug-likeness (QED) is 0.575. The molecule has 5 atom stereocenters. The summed E-state index contributed by atoms with van der Waals surface area (Å²) in [6, 6.07) is 13.8. The molecule has 2 N–H and O–H groups in total. The number of amides is 1. The number of halogens is 2. The first-order valence-corrected chi connectivity index (χ1v) is 13.6. The van der Waals surface area contributed by atoms with Crippen LogP contribution in [0.25, 0.3) is 0 Å². The molecule has 0 saturated carbocycles. The maximum atomic E-state index is 14.4. The minimum Gasteiger partial charge on any atom is -0.389 e. The van der Waals surface area contributed by atoms with E-state index in [0.29, 0.717) is 12.8 Å². The van der Waals surface area contributed by atoms with E-state index in [1.165, 1.54) is 11.6 Å². The van der Waals surface area contributed by atoms with Gasteiger partial charge in [-0.1, -0.05) is 30.3 Å². The number of hydrogen-bond acceptors (Lipinski definition) is 6. The van der Waals surface area contributed by atoms with Crippen LogP contribution in [-0.4, -0.2) is 84.1 Å². The largest absolute Gasteiger partial charge is 0.389 e. The molecule has 3 heterocycles. The van der Waals surface area contributed by atoms with Crippen molar-refractivity contribution in [3.8, 4) is 0 Å². The molecule has 1 amide bonds. The summed E-state index contributed by atoms with van der Waals surface area (Å²) < 4.78 is 40.2. The molecule has 0 spiro atoms. The Kier molecular flexibility index (Phi) is 9.01. The Balaban J connectivity index is 1.14. The van der Waals surface area contributed by atoms with Crippen molar-refractivity contribution in [3.63, 3.8) is 0 Å². The minimum atomic E-state index is -0.732. The molecule has 3 fully saturated rings. The highest BCUT2D eigenvalue weighted by Crippen LogP contribution is 2.29. The lowest BCUT2D eigenvalue weighted by Gasteiger charge is -2.44. The van der Waals surface area contributed by atoms with Gasteiger partial charge >= 0.3 is 0 Å². The smallest absolute Gasteiger partial charge is 0.222 e. The number of aliphatic hydroxyl groups excluding tert-OH is 1. The molecule has 7 nitrogen and oxygen atoms in total. The lowest BCUT2D eigenvalue weighted by molar-refractivity contribution is -0.158. The van der Waals surface area contributed by atoms with E-state index >= 15 is 0 Å². The van der Waals surface area contributed by atoms with Crippen LogP contribution in [-0.2, 0) is 27.4 Å². The van der Waals surface area contributed by atoms with Gasteiger partial charge in [-0.25, -0.2) is 8.78 Å². The van der Waals surface area contributed by atoms with Gasteiger partial charge in [0.1, 0.15) is 11.6 Å². The van der Waals surface area contributed by atoms with Crippen molar-refractivity contribution in [2.75, 3.05) is 32.8 Å². The fourth-order valence-electron chi connectivity index (χ4n) is 5.94. The number of aliphatic hydroxyl groups is 1. The number of carbonyl (C=O) groups excluding carboxylic acids is 1. The Hall–Kier alpha value is -2.43. The number of carbonyl (C=O) groups is 1. The van der Waals surface area contributed by atoms with Crippen molar-refractivity contribution in [1.29, 1.82) is 0 Å². The molecule has 3 aliphatic rings. The first kappa shape index (κ1) is 27.1. The van der Waals surface area contributed by atoms with Crippen LogP contribution >= 0.6 is 0 Å². The standard InChI is InChI=1S/C29H37F2N3O4/c30-22-6-8-26(31)21(12-22)15-34-17-24(35)18-37-19-28-27(34)9-7-25(38-28)13-29(36)32-23-10-11-33(16-23)14-20-4-2-1-3-5-20/h1-6,8,12,23-25,27-28,35H,7,9-11,13-19H2,(H,32,36)/t23-,24+,25+,27+,28-/m1/s1. The average Bonchev–Trinajstić information content (AvgIpc) is 3.32. The summed E-state index contributed by atoms with van der Waals surface area (Å²) in [6.07, 6.45) is 1.29. The van der Waals surface area contributed by atoms with E-state index in [0.717, 1.165) is 38.2 Å². The highest BCUT2D eigenvalue weighted by Gasteiger charge is 2.38. The van der Waals surface area contributed by atoms with E-state index in [1.54, 1.807) is 0 Å². The second-order valence-corrected chi connectivity index (χ2v) is 10.8. The predicted molar refractivity (Wildman–Crippen MR) is 138 cm³/mol. The van der Waals surface area contributed by atoms with Gasteiger partial charge in [-0.3, -0.25) is 14.6 Å². The Morgan fingerprint density at radius 3 is 2.71 bits per heavy atom. The maximum Gasteiger partial charge on any atom is 0.222 e. The van der Waals surface area contributed by atoms with Gasteiger partial charge < -0.3 is 19.9 Å². The highest BCUT2D eigenvalue weighted by molar-refractivity contribution is 5.76. The van der Waals surface area contributed by atoms with Crippen LogP contribution in [0.2, 0.25) is 0 Å². The number of ether oxygens (including phenoxy) is 2. The lowest BCUT2D eigenvalue weighted by Crippen LogP contribution is -2.55. The molecule has 2 aromatic rings. The lowest BCUT2D eigenvalue weighted by atomic mass is 9.94. The van der Waals surface area contributed by atoms with Crippen LogP contribution in [0.5, 0.6) is 0 Å². The van der Waals surface area contributed by atoms with Gasteiger partial charge in [-0.2, -0.15) is 0 Å².